The first-order valence-corrected chi connectivity index (χ1v) is 8.63. The summed E-state index contributed by atoms with van der Waals surface area (Å²) < 4.78 is 11.3. The molecular weight excluding hydrogens is 340 g/mol. The normalized spacial score (nSPS) is 10.7. The molecule has 0 radical (unpaired) electrons. The highest BCUT2D eigenvalue weighted by atomic mass is 16.5. The summed E-state index contributed by atoms with van der Waals surface area (Å²) in [5, 5.41) is 2.82. The van der Waals surface area contributed by atoms with Crippen LogP contribution in [0.5, 0.6) is 5.75 Å². The SMILES string of the molecule is Cc1cccc(OCC(=O)Nc2ccc(-c3nc4ccccc4o3)cc2)c1. The zero-order chi connectivity index (χ0) is 18.6. The molecule has 4 aromatic rings. The van der Waals surface area contributed by atoms with Gasteiger partial charge in [-0.25, -0.2) is 4.98 Å². The summed E-state index contributed by atoms with van der Waals surface area (Å²) in [4.78, 5) is 16.5. The van der Waals surface area contributed by atoms with Gasteiger partial charge in [-0.2, -0.15) is 0 Å². The predicted molar refractivity (Wildman–Crippen MR) is 105 cm³/mol. The van der Waals surface area contributed by atoms with Crippen molar-refractivity contribution in [2.45, 2.75) is 6.92 Å². The summed E-state index contributed by atoms with van der Waals surface area (Å²) in [7, 11) is 0. The maximum atomic E-state index is 12.1. The highest BCUT2D eigenvalue weighted by Gasteiger charge is 2.09. The molecule has 0 atom stereocenters. The molecule has 0 saturated carbocycles. The van der Waals surface area contributed by atoms with E-state index in [-0.39, 0.29) is 12.5 Å². The summed E-state index contributed by atoms with van der Waals surface area (Å²) in [5.74, 6) is 1.01. The van der Waals surface area contributed by atoms with Crippen LogP contribution in [0.3, 0.4) is 0 Å². The third-order valence-corrected chi connectivity index (χ3v) is 4.07. The Labute approximate surface area is 156 Å². The van der Waals surface area contributed by atoms with Crippen molar-refractivity contribution in [2.24, 2.45) is 0 Å². The number of benzene rings is 3. The van der Waals surface area contributed by atoms with Gasteiger partial charge in [0, 0.05) is 11.3 Å². The third-order valence-electron chi connectivity index (χ3n) is 4.07. The molecule has 27 heavy (non-hydrogen) atoms. The largest absolute Gasteiger partial charge is 0.484 e. The van der Waals surface area contributed by atoms with E-state index in [9.17, 15) is 4.79 Å². The molecule has 1 amide bonds. The molecule has 5 nitrogen and oxygen atoms in total. The number of nitrogens with zero attached hydrogens (tertiary/aromatic N) is 1. The van der Waals surface area contributed by atoms with E-state index < -0.39 is 0 Å². The number of para-hydroxylation sites is 2. The molecule has 0 aliphatic carbocycles. The van der Waals surface area contributed by atoms with E-state index in [1.54, 1.807) is 0 Å². The Morgan fingerprint density at radius 2 is 1.85 bits per heavy atom. The number of nitrogens with one attached hydrogen (secondary N) is 1. The van der Waals surface area contributed by atoms with Crippen molar-refractivity contribution < 1.29 is 13.9 Å². The zero-order valence-corrected chi connectivity index (χ0v) is 14.8. The van der Waals surface area contributed by atoms with E-state index >= 15 is 0 Å². The summed E-state index contributed by atoms with van der Waals surface area (Å²) >= 11 is 0. The Bertz CT molecular complexity index is 1050. The number of ether oxygens (including phenoxy) is 1. The number of aryl methyl sites for hydroxylation is 1. The van der Waals surface area contributed by atoms with Crippen LogP contribution in [-0.4, -0.2) is 17.5 Å². The molecule has 0 unspecified atom stereocenters. The van der Waals surface area contributed by atoms with Gasteiger partial charge in [0.05, 0.1) is 0 Å². The van der Waals surface area contributed by atoms with Crippen molar-refractivity contribution in [1.82, 2.24) is 4.98 Å². The summed E-state index contributed by atoms with van der Waals surface area (Å²) in [6.07, 6.45) is 0. The molecule has 1 aromatic heterocycles. The van der Waals surface area contributed by atoms with E-state index in [4.69, 9.17) is 9.15 Å². The zero-order valence-electron chi connectivity index (χ0n) is 14.8. The average Bonchev–Trinajstić information content (AvgIpc) is 3.11. The van der Waals surface area contributed by atoms with Crippen molar-refractivity contribution >= 4 is 22.7 Å². The standard InChI is InChI=1S/C22H18N2O3/c1-15-5-4-6-18(13-15)26-14-21(25)23-17-11-9-16(10-12-17)22-24-19-7-2-3-8-20(19)27-22/h2-13H,14H2,1H3,(H,23,25). The molecule has 0 saturated heterocycles. The van der Waals surface area contributed by atoms with Crippen LogP contribution in [0.2, 0.25) is 0 Å². The van der Waals surface area contributed by atoms with E-state index in [1.165, 1.54) is 0 Å². The molecule has 1 heterocycles. The van der Waals surface area contributed by atoms with Crippen molar-refractivity contribution in [3.05, 3.63) is 78.4 Å². The van der Waals surface area contributed by atoms with Crippen molar-refractivity contribution in [2.75, 3.05) is 11.9 Å². The maximum Gasteiger partial charge on any atom is 0.262 e. The minimum absolute atomic E-state index is 0.0453. The summed E-state index contributed by atoms with van der Waals surface area (Å²) in [6, 6.07) is 22.6. The van der Waals surface area contributed by atoms with E-state index in [0.29, 0.717) is 17.3 Å². The number of hydrogen-bond acceptors (Lipinski definition) is 4. The Kier molecular flexibility index (Phi) is 4.58. The van der Waals surface area contributed by atoms with Crippen LogP contribution < -0.4 is 10.1 Å². The fourth-order valence-corrected chi connectivity index (χ4v) is 2.74. The monoisotopic (exact) mass is 358 g/mol. The van der Waals surface area contributed by atoms with Crippen LogP contribution in [0.1, 0.15) is 5.56 Å². The van der Waals surface area contributed by atoms with Gasteiger partial charge in [0.2, 0.25) is 5.89 Å². The topological polar surface area (TPSA) is 64.4 Å². The van der Waals surface area contributed by atoms with Gasteiger partial charge >= 0.3 is 0 Å². The molecule has 0 aliphatic rings. The van der Waals surface area contributed by atoms with Gasteiger partial charge in [-0.3, -0.25) is 4.79 Å². The number of aromatic nitrogens is 1. The minimum atomic E-state index is -0.217. The molecule has 3 aromatic carbocycles. The first kappa shape index (κ1) is 16.8. The van der Waals surface area contributed by atoms with Gasteiger partial charge in [0.1, 0.15) is 11.3 Å². The first-order chi connectivity index (χ1) is 13.2. The fraction of sp³-hybridized carbons (Fsp3) is 0.0909. The number of rotatable bonds is 5. The predicted octanol–water partition coefficient (Wildman–Crippen LogP) is 4.82. The Morgan fingerprint density at radius 1 is 1.04 bits per heavy atom. The molecule has 134 valence electrons. The van der Waals surface area contributed by atoms with Crippen LogP contribution in [0, 0.1) is 6.92 Å². The van der Waals surface area contributed by atoms with Gasteiger partial charge in [0.25, 0.3) is 5.91 Å². The Morgan fingerprint density at radius 3 is 2.63 bits per heavy atom. The number of fused-ring (bicyclic) bond motifs is 1. The lowest BCUT2D eigenvalue weighted by atomic mass is 10.2. The van der Waals surface area contributed by atoms with Gasteiger partial charge in [0.15, 0.2) is 12.2 Å². The Balaban J connectivity index is 1.39. The molecule has 0 fully saturated rings. The second-order valence-electron chi connectivity index (χ2n) is 6.22. The highest BCUT2D eigenvalue weighted by molar-refractivity contribution is 5.92. The van der Waals surface area contributed by atoms with Gasteiger partial charge < -0.3 is 14.5 Å². The lowest BCUT2D eigenvalue weighted by Gasteiger charge is -2.08. The lowest BCUT2D eigenvalue weighted by Crippen LogP contribution is -2.20. The second kappa shape index (κ2) is 7.33. The minimum Gasteiger partial charge on any atom is -0.484 e. The summed E-state index contributed by atoms with van der Waals surface area (Å²) in [6.45, 7) is 1.93. The lowest BCUT2D eigenvalue weighted by molar-refractivity contribution is -0.118. The van der Waals surface area contributed by atoms with Crippen molar-refractivity contribution in [3.8, 4) is 17.2 Å². The number of hydrogen-bond donors (Lipinski definition) is 1. The van der Waals surface area contributed by atoms with Gasteiger partial charge in [-0.15, -0.1) is 0 Å². The van der Waals surface area contributed by atoms with E-state index in [1.807, 2.05) is 79.7 Å². The van der Waals surface area contributed by atoms with Gasteiger partial charge in [-0.1, -0.05) is 24.3 Å². The molecule has 0 bridgehead atoms. The molecule has 1 N–H and O–H groups in total. The van der Waals surface area contributed by atoms with Crippen LogP contribution in [0.25, 0.3) is 22.6 Å². The number of carbonyl (C=O) groups excluding carboxylic acids is 1. The highest BCUT2D eigenvalue weighted by Crippen LogP contribution is 2.25. The first-order valence-electron chi connectivity index (χ1n) is 8.63. The molecule has 0 spiro atoms. The van der Waals surface area contributed by atoms with Crippen LogP contribution in [-0.2, 0) is 4.79 Å². The average molecular weight is 358 g/mol. The number of anilines is 1. The smallest absolute Gasteiger partial charge is 0.262 e. The number of carbonyl (C=O) groups is 1. The third kappa shape index (κ3) is 3.98. The molecule has 5 heteroatoms. The summed E-state index contributed by atoms with van der Waals surface area (Å²) in [5.41, 5.74) is 4.19. The van der Waals surface area contributed by atoms with Gasteiger partial charge in [-0.05, 0) is 61.0 Å². The van der Waals surface area contributed by atoms with Crippen molar-refractivity contribution in [1.29, 1.82) is 0 Å². The number of amides is 1. The van der Waals surface area contributed by atoms with Crippen molar-refractivity contribution in [3.63, 3.8) is 0 Å². The number of oxazole rings is 1. The molecule has 4 rings (SSSR count). The van der Waals surface area contributed by atoms with Crippen LogP contribution in [0.4, 0.5) is 5.69 Å². The maximum absolute atomic E-state index is 12.1. The second-order valence-corrected chi connectivity index (χ2v) is 6.22. The quantitative estimate of drug-likeness (QED) is 0.555. The molecular formula is C22H18N2O3. The fourth-order valence-electron chi connectivity index (χ4n) is 2.74. The van der Waals surface area contributed by atoms with E-state index in [0.717, 1.165) is 22.2 Å². The molecule has 0 aliphatic heterocycles. The Hall–Kier alpha value is -3.60. The van der Waals surface area contributed by atoms with Crippen LogP contribution in [0.15, 0.2) is 77.2 Å². The van der Waals surface area contributed by atoms with E-state index in [2.05, 4.69) is 10.3 Å². The van der Waals surface area contributed by atoms with Crippen LogP contribution >= 0.6 is 0 Å².